The van der Waals surface area contributed by atoms with E-state index in [1.807, 2.05) is 60.7 Å². The first kappa shape index (κ1) is 32.3. The topological polar surface area (TPSA) is 120 Å². The lowest BCUT2D eigenvalue weighted by atomic mass is 9.99. The van der Waals surface area contributed by atoms with Crippen molar-refractivity contribution in [2.45, 2.75) is 57.2 Å². The molecule has 224 valence electrons. The molecule has 0 aliphatic rings. The summed E-state index contributed by atoms with van der Waals surface area (Å²) in [5.74, 6) is -1.03. The monoisotopic (exact) mass is 573 g/mol. The van der Waals surface area contributed by atoms with Crippen LogP contribution in [0, 0.1) is 0 Å². The highest BCUT2D eigenvalue weighted by molar-refractivity contribution is 5.93. The second-order valence-corrected chi connectivity index (χ2v) is 10.5. The number of nitrogens with one attached hydrogen (secondary N) is 4. The molecule has 0 fully saturated rings. The zero-order chi connectivity index (χ0) is 30.5. The number of nitrogens with zero attached hydrogens (tertiary/aromatic N) is 1. The van der Waals surface area contributed by atoms with E-state index in [1.165, 1.54) is 18.9 Å². The van der Waals surface area contributed by atoms with Crippen molar-refractivity contribution in [3.63, 3.8) is 0 Å². The SMILES string of the molecule is CNC(=O)[C@H](CCCCNC(C)=O)NC(=O)[C@@H](Cc1ccccc1)N(C)C(=O)[C@@H](Cc1ccc2ccccc2c1)NC. The number of hydrogen-bond donors (Lipinski definition) is 4. The molecule has 9 heteroatoms. The maximum absolute atomic E-state index is 13.8. The van der Waals surface area contributed by atoms with E-state index >= 15 is 0 Å². The predicted octanol–water partition coefficient (Wildman–Crippen LogP) is 2.58. The Kier molecular flexibility index (Phi) is 12.5. The molecule has 3 aromatic carbocycles. The van der Waals surface area contributed by atoms with Crippen LogP contribution in [0.5, 0.6) is 0 Å². The van der Waals surface area contributed by atoms with Gasteiger partial charge in [0, 0.05) is 34.0 Å². The molecule has 0 bridgehead atoms. The maximum atomic E-state index is 13.8. The number of amides is 4. The maximum Gasteiger partial charge on any atom is 0.243 e. The van der Waals surface area contributed by atoms with E-state index in [0.29, 0.717) is 38.6 Å². The molecule has 4 N–H and O–H groups in total. The van der Waals surface area contributed by atoms with E-state index in [1.54, 1.807) is 14.1 Å². The Hall–Kier alpha value is -4.24. The molecular formula is C33H43N5O4. The lowest BCUT2D eigenvalue weighted by Crippen LogP contribution is -2.57. The molecular weight excluding hydrogens is 530 g/mol. The Morgan fingerprint density at radius 3 is 2.12 bits per heavy atom. The van der Waals surface area contributed by atoms with Crippen molar-refractivity contribution in [1.82, 2.24) is 26.2 Å². The Balaban J connectivity index is 1.77. The summed E-state index contributed by atoms with van der Waals surface area (Å²) in [5, 5.41) is 13.6. The second kappa shape index (κ2) is 16.3. The van der Waals surface area contributed by atoms with Crippen molar-refractivity contribution in [3.05, 3.63) is 83.9 Å². The van der Waals surface area contributed by atoms with Crippen molar-refractivity contribution in [2.24, 2.45) is 0 Å². The number of unbranched alkanes of at least 4 members (excludes halogenated alkanes) is 1. The summed E-state index contributed by atoms with van der Waals surface area (Å²) in [4.78, 5) is 52.9. The average molecular weight is 574 g/mol. The molecule has 0 spiro atoms. The zero-order valence-electron chi connectivity index (χ0n) is 25.0. The number of rotatable bonds is 15. The third kappa shape index (κ3) is 9.41. The zero-order valence-corrected chi connectivity index (χ0v) is 25.0. The average Bonchev–Trinajstić information content (AvgIpc) is 3.00. The molecule has 4 amide bonds. The van der Waals surface area contributed by atoms with Gasteiger partial charge in [-0.1, -0.05) is 72.8 Å². The van der Waals surface area contributed by atoms with Crippen LogP contribution in [0.3, 0.4) is 0 Å². The first-order chi connectivity index (χ1) is 20.2. The minimum atomic E-state index is -0.834. The van der Waals surface area contributed by atoms with Gasteiger partial charge in [-0.3, -0.25) is 19.2 Å². The molecule has 0 saturated carbocycles. The largest absolute Gasteiger partial charge is 0.357 e. The van der Waals surface area contributed by atoms with E-state index in [0.717, 1.165) is 21.9 Å². The molecule has 0 unspecified atom stereocenters. The quantitative estimate of drug-likeness (QED) is 0.209. The van der Waals surface area contributed by atoms with Crippen LogP contribution < -0.4 is 21.3 Å². The van der Waals surface area contributed by atoms with Gasteiger partial charge >= 0.3 is 0 Å². The molecule has 0 aliphatic heterocycles. The van der Waals surface area contributed by atoms with Gasteiger partial charge in [-0.15, -0.1) is 0 Å². The Morgan fingerprint density at radius 1 is 0.762 bits per heavy atom. The molecule has 3 aromatic rings. The molecule has 0 radical (unpaired) electrons. The third-order valence-electron chi connectivity index (χ3n) is 7.46. The standard InChI is InChI=1S/C33H43N5O4/c1-23(39)36-19-11-10-16-28(31(40)35-3)37-32(41)30(22-24-12-6-5-7-13-24)38(4)33(42)29(34-2)21-25-17-18-26-14-8-9-15-27(26)20-25/h5-9,12-15,17-18,20,28-30,34H,10-11,16,19,21-22H2,1-4H3,(H,35,40)(H,36,39)(H,37,41)/t28-,29+,30+/m0/s1. The van der Waals surface area contributed by atoms with Crippen molar-refractivity contribution >= 4 is 34.4 Å². The number of fused-ring (bicyclic) bond motifs is 1. The van der Waals surface area contributed by atoms with Crippen LogP contribution >= 0.6 is 0 Å². The molecule has 9 nitrogen and oxygen atoms in total. The summed E-state index contributed by atoms with van der Waals surface area (Å²) in [6.07, 6.45) is 2.46. The number of carbonyl (C=O) groups excluding carboxylic acids is 4. The molecule has 3 rings (SSSR count). The first-order valence-corrected chi connectivity index (χ1v) is 14.5. The molecule has 0 saturated heterocycles. The van der Waals surface area contributed by atoms with E-state index < -0.39 is 24.0 Å². The summed E-state index contributed by atoms with van der Waals surface area (Å²) in [6.45, 7) is 1.96. The molecule has 3 atom stereocenters. The van der Waals surface area contributed by atoms with Gasteiger partial charge in [0.05, 0.1) is 6.04 Å². The van der Waals surface area contributed by atoms with Crippen molar-refractivity contribution in [3.8, 4) is 0 Å². The summed E-state index contributed by atoms with van der Waals surface area (Å²) in [6, 6.07) is 21.6. The molecule has 0 aliphatic carbocycles. The summed E-state index contributed by atoms with van der Waals surface area (Å²) < 4.78 is 0. The summed E-state index contributed by atoms with van der Waals surface area (Å²) >= 11 is 0. The van der Waals surface area contributed by atoms with E-state index in [2.05, 4.69) is 33.4 Å². The van der Waals surface area contributed by atoms with Crippen LogP contribution in [0.1, 0.15) is 37.3 Å². The van der Waals surface area contributed by atoms with Gasteiger partial charge in [-0.25, -0.2) is 0 Å². The highest BCUT2D eigenvalue weighted by atomic mass is 16.2. The van der Waals surface area contributed by atoms with Crippen LogP contribution in [-0.2, 0) is 32.0 Å². The van der Waals surface area contributed by atoms with E-state index in [4.69, 9.17) is 0 Å². The highest BCUT2D eigenvalue weighted by Crippen LogP contribution is 2.18. The predicted molar refractivity (Wildman–Crippen MR) is 166 cm³/mol. The van der Waals surface area contributed by atoms with Gasteiger partial charge < -0.3 is 26.2 Å². The summed E-state index contributed by atoms with van der Waals surface area (Å²) in [7, 11) is 4.91. The number of carbonyl (C=O) groups is 4. The lowest BCUT2D eigenvalue weighted by molar-refractivity contribution is -0.141. The van der Waals surface area contributed by atoms with Gasteiger partial charge in [0.1, 0.15) is 12.1 Å². The normalized spacial score (nSPS) is 13.0. The Bertz CT molecular complexity index is 1350. The van der Waals surface area contributed by atoms with E-state index in [9.17, 15) is 19.2 Å². The minimum Gasteiger partial charge on any atom is -0.357 e. The number of hydrogen-bond acceptors (Lipinski definition) is 5. The molecule has 0 heterocycles. The fraction of sp³-hybridized carbons (Fsp3) is 0.394. The van der Waals surface area contributed by atoms with Crippen LogP contribution in [0.2, 0.25) is 0 Å². The third-order valence-corrected chi connectivity index (χ3v) is 7.46. The van der Waals surface area contributed by atoms with Crippen molar-refractivity contribution < 1.29 is 19.2 Å². The van der Waals surface area contributed by atoms with Gasteiger partial charge in [0.2, 0.25) is 23.6 Å². The number of likely N-dealkylation sites (N-methyl/N-ethyl adjacent to an activating group) is 3. The van der Waals surface area contributed by atoms with Gasteiger partial charge in [0.25, 0.3) is 0 Å². The Morgan fingerprint density at radius 2 is 1.45 bits per heavy atom. The van der Waals surface area contributed by atoms with Crippen LogP contribution in [0.15, 0.2) is 72.8 Å². The molecule has 42 heavy (non-hydrogen) atoms. The van der Waals surface area contributed by atoms with Crippen LogP contribution in [-0.4, -0.2) is 74.3 Å². The highest BCUT2D eigenvalue weighted by Gasteiger charge is 2.33. The van der Waals surface area contributed by atoms with Gasteiger partial charge in [-0.05, 0) is 54.6 Å². The summed E-state index contributed by atoms with van der Waals surface area (Å²) in [5.41, 5.74) is 1.91. The smallest absolute Gasteiger partial charge is 0.243 e. The lowest BCUT2D eigenvalue weighted by Gasteiger charge is -2.32. The van der Waals surface area contributed by atoms with Crippen LogP contribution in [0.25, 0.3) is 10.8 Å². The Labute approximate surface area is 248 Å². The second-order valence-electron chi connectivity index (χ2n) is 10.5. The van der Waals surface area contributed by atoms with E-state index in [-0.39, 0.29) is 17.7 Å². The first-order valence-electron chi connectivity index (χ1n) is 14.5. The van der Waals surface area contributed by atoms with Crippen molar-refractivity contribution in [1.29, 1.82) is 0 Å². The van der Waals surface area contributed by atoms with Crippen LogP contribution in [0.4, 0.5) is 0 Å². The van der Waals surface area contributed by atoms with Gasteiger partial charge in [-0.2, -0.15) is 0 Å². The van der Waals surface area contributed by atoms with Crippen molar-refractivity contribution in [2.75, 3.05) is 27.7 Å². The van der Waals surface area contributed by atoms with Gasteiger partial charge in [0.15, 0.2) is 0 Å². The minimum absolute atomic E-state index is 0.108. The fourth-order valence-corrected chi connectivity index (χ4v) is 5.01. The number of benzene rings is 3. The molecule has 0 aromatic heterocycles. The fourth-order valence-electron chi connectivity index (χ4n) is 5.01.